The minimum absolute atomic E-state index is 0. The van der Waals surface area contributed by atoms with Crippen LogP contribution in [0.3, 0.4) is 0 Å². The average molecular weight is 394 g/mol. The normalized spacial score (nSPS) is 16.5. The molecule has 130 valence electrons. The molecule has 0 saturated carbocycles. The first-order chi connectivity index (χ1) is 10.6. The molecule has 0 unspecified atom stereocenters. The minimum atomic E-state index is -5.40. The molecule has 0 spiro atoms. The van der Waals surface area contributed by atoms with E-state index < -0.39 is 28.7 Å². The standard InChI is InChI=1S/C12H16BF4N2O3S.K/c1-9-10(8-19-4-2-18-3-5-19)6-11(13(14,15)16)7-12(9)22-23(17,20)21;/h6-7,18H,2-5,8H2,1H3;/q-1;+1. The first-order valence-corrected chi connectivity index (χ1v) is 8.27. The van der Waals surface area contributed by atoms with E-state index in [0.717, 1.165) is 6.07 Å². The molecule has 1 aliphatic heterocycles. The van der Waals surface area contributed by atoms with Gasteiger partial charge in [0, 0.05) is 32.7 Å². The van der Waals surface area contributed by atoms with Crippen molar-refractivity contribution < 1.29 is 80.8 Å². The molecule has 0 aromatic heterocycles. The van der Waals surface area contributed by atoms with E-state index in [1.54, 1.807) is 0 Å². The van der Waals surface area contributed by atoms with Crippen molar-refractivity contribution in [2.24, 2.45) is 0 Å². The van der Waals surface area contributed by atoms with Gasteiger partial charge in [-0.15, -0.1) is 5.46 Å². The summed E-state index contributed by atoms with van der Waals surface area (Å²) in [7, 11) is -5.40. The Bertz CT molecular complexity index is 682. The SMILES string of the molecule is Cc1c(CN2CCNCC2)cc([B-](F)(F)F)cc1OS(=O)(=O)F.[K+]. The second kappa shape index (κ2) is 8.80. The third kappa shape index (κ3) is 6.56. The fourth-order valence-corrected chi connectivity index (χ4v) is 2.81. The van der Waals surface area contributed by atoms with Gasteiger partial charge in [0.05, 0.1) is 0 Å². The van der Waals surface area contributed by atoms with Crippen LogP contribution in [-0.4, -0.2) is 46.5 Å². The summed E-state index contributed by atoms with van der Waals surface area (Å²) in [5.74, 6) is -0.630. The first-order valence-electron chi connectivity index (χ1n) is 6.97. The molecular weight excluding hydrogens is 378 g/mol. The summed E-state index contributed by atoms with van der Waals surface area (Å²) in [4.78, 5) is 1.93. The predicted octanol–water partition coefficient (Wildman–Crippen LogP) is -1.95. The fraction of sp³-hybridized carbons (Fsp3) is 0.500. The van der Waals surface area contributed by atoms with Crippen molar-refractivity contribution >= 4 is 22.9 Å². The van der Waals surface area contributed by atoms with Crippen LogP contribution in [0.15, 0.2) is 12.1 Å². The molecular formula is C12H16BF4KN2O3S. The van der Waals surface area contributed by atoms with Crippen LogP contribution in [0.4, 0.5) is 16.8 Å². The Morgan fingerprint density at radius 1 is 1.25 bits per heavy atom. The Kier molecular flexibility index (Phi) is 8.20. The van der Waals surface area contributed by atoms with Crippen LogP contribution >= 0.6 is 0 Å². The smallest absolute Gasteiger partial charge is 0.445 e. The third-order valence-electron chi connectivity index (χ3n) is 3.66. The quantitative estimate of drug-likeness (QED) is 0.358. The third-order valence-corrected chi connectivity index (χ3v) is 4.04. The van der Waals surface area contributed by atoms with Gasteiger partial charge in [-0.25, -0.2) is 0 Å². The number of nitrogens with zero attached hydrogens (tertiary/aromatic N) is 1. The Labute approximate surface area is 181 Å². The molecule has 5 nitrogen and oxygen atoms in total. The number of piperazine rings is 1. The van der Waals surface area contributed by atoms with Crippen LogP contribution in [0.5, 0.6) is 5.75 Å². The molecule has 1 aliphatic rings. The van der Waals surface area contributed by atoms with Gasteiger partial charge in [-0.3, -0.25) is 4.90 Å². The molecule has 0 atom stereocenters. The predicted molar refractivity (Wildman–Crippen MR) is 78.7 cm³/mol. The summed E-state index contributed by atoms with van der Waals surface area (Å²) < 4.78 is 77.2. The van der Waals surface area contributed by atoms with Crippen LogP contribution < -0.4 is 66.3 Å². The van der Waals surface area contributed by atoms with Crippen molar-refractivity contribution in [1.82, 2.24) is 10.2 Å². The van der Waals surface area contributed by atoms with Gasteiger partial charge in [-0.1, -0.05) is 9.95 Å². The number of benzene rings is 1. The van der Waals surface area contributed by atoms with Crippen LogP contribution in [0.1, 0.15) is 11.1 Å². The molecule has 1 aromatic rings. The molecule has 1 heterocycles. The Balaban J connectivity index is 0.00000288. The Hall–Kier alpha value is 0.311. The van der Waals surface area contributed by atoms with E-state index in [1.807, 2.05) is 4.90 Å². The largest absolute Gasteiger partial charge is 1.00 e. The number of halogens is 4. The topological polar surface area (TPSA) is 58.6 Å². The molecule has 2 rings (SSSR count). The molecule has 1 aromatic carbocycles. The zero-order chi connectivity index (χ0) is 17.3. The van der Waals surface area contributed by atoms with Gasteiger partial charge in [0.2, 0.25) is 0 Å². The number of nitrogens with one attached hydrogen (secondary N) is 1. The maximum absolute atomic E-state index is 13.0. The van der Waals surface area contributed by atoms with Crippen molar-refractivity contribution in [3.05, 3.63) is 23.3 Å². The molecule has 0 amide bonds. The van der Waals surface area contributed by atoms with E-state index in [4.69, 9.17) is 0 Å². The van der Waals surface area contributed by atoms with Crippen molar-refractivity contribution in [2.45, 2.75) is 13.5 Å². The van der Waals surface area contributed by atoms with Gasteiger partial charge < -0.3 is 22.4 Å². The van der Waals surface area contributed by atoms with Crippen LogP contribution in [0.2, 0.25) is 0 Å². The van der Waals surface area contributed by atoms with Crippen LogP contribution in [0, 0.1) is 6.92 Å². The monoisotopic (exact) mass is 394 g/mol. The second-order valence-electron chi connectivity index (χ2n) is 5.38. The molecule has 1 fully saturated rings. The minimum Gasteiger partial charge on any atom is -0.445 e. The van der Waals surface area contributed by atoms with Crippen LogP contribution in [-0.2, 0) is 17.0 Å². The van der Waals surface area contributed by atoms with E-state index in [1.165, 1.54) is 6.92 Å². The zero-order valence-electron chi connectivity index (χ0n) is 13.4. The number of rotatable bonds is 5. The first kappa shape index (κ1) is 22.4. The number of hydrogen-bond donors (Lipinski definition) is 1. The summed E-state index contributed by atoms with van der Waals surface area (Å²) in [6.45, 7) is -1.02. The van der Waals surface area contributed by atoms with E-state index in [9.17, 15) is 25.3 Å². The summed E-state index contributed by atoms with van der Waals surface area (Å²) >= 11 is 0. The van der Waals surface area contributed by atoms with Crippen molar-refractivity contribution in [1.29, 1.82) is 0 Å². The summed E-state index contributed by atoms with van der Waals surface area (Å²) in [5.41, 5.74) is -0.574. The zero-order valence-corrected chi connectivity index (χ0v) is 17.3. The van der Waals surface area contributed by atoms with E-state index in [2.05, 4.69) is 9.50 Å². The van der Waals surface area contributed by atoms with Crippen molar-refractivity contribution in [3.8, 4) is 5.75 Å². The maximum Gasteiger partial charge on any atom is 1.00 e. The van der Waals surface area contributed by atoms with Gasteiger partial charge in [0.25, 0.3) is 0 Å². The van der Waals surface area contributed by atoms with Gasteiger partial charge in [-0.05, 0) is 24.1 Å². The Morgan fingerprint density at radius 3 is 2.33 bits per heavy atom. The van der Waals surface area contributed by atoms with Gasteiger partial charge in [0.1, 0.15) is 5.75 Å². The summed E-state index contributed by atoms with van der Waals surface area (Å²) in [6, 6.07) is 1.49. The molecule has 24 heavy (non-hydrogen) atoms. The van der Waals surface area contributed by atoms with Crippen molar-refractivity contribution in [2.75, 3.05) is 26.2 Å². The summed E-state index contributed by atoms with van der Waals surface area (Å²) in [6.07, 6.45) is 0. The number of hydrogen-bond acceptors (Lipinski definition) is 5. The summed E-state index contributed by atoms with van der Waals surface area (Å²) in [5, 5.41) is 3.12. The van der Waals surface area contributed by atoms with E-state index in [0.29, 0.717) is 32.2 Å². The molecule has 0 bridgehead atoms. The average Bonchev–Trinajstić information content (AvgIpc) is 2.41. The van der Waals surface area contributed by atoms with E-state index >= 15 is 0 Å². The van der Waals surface area contributed by atoms with Gasteiger partial charge in [0.15, 0.2) is 0 Å². The Morgan fingerprint density at radius 2 is 1.83 bits per heavy atom. The molecule has 0 radical (unpaired) electrons. The molecule has 0 aliphatic carbocycles. The fourth-order valence-electron chi connectivity index (χ4n) is 2.43. The van der Waals surface area contributed by atoms with Gasteiger partial charge >= 0.3 is 68.9 Å². The molecule has 1 N–H and O–H groups in total. The maximum atomic E-state index is 13.0. The van der Waals surface area contributed by atoms with Crippen LogP contribution in [0.25, 0.3) is 0 Å². The second-order valence-corrected chi connectivity index (χ2v) is 6.33. The van der Waals surface area contributed by atoms with E-state index in [-0.39, 0.29) is 69.1 Å². The molecule has 1 saturated heterocycles. The van der Waals surface area contributed by atoms with Crippen molar-refractivity contribution in [3.63, 3.8) is 0 Å². The molecule has 12 heteroatoms. The van der Waals surface area contributed by atoms with Gasteiger partial charge in [-0.2, -0.15) is 8.42 Å².